The molecule has 0 bridgehead atoms. The van der Waals surface area contributed by atoms with Crippen LogP contribution in [-0.2, 0) is 4.74 Å². The van der Waals surface area contributed by atoms with Gasteiger partial charge in [-0.2, -0.15) is 0 Å². The van der Waals surface area contributed by atoms with E-state index in [1.54, 1.807) is 11.0 Å². The molecule has 0 aromatic heterocycles. The molecular formula is C16H22N2O3. The minimum absolute atomic E-state index is 0.126. The number of urea groups is 1. The van der Waals surface area contributed by atoms with Gasteiger partial charge in [-0.3, -0.25) is 0 Å². The van der Waals surface area contributed by atoms with Crippen LogP contribution in [0.15, 0.2) is 43.0 Å². The average molecular weight is 290 g/mol. The quantitative estimate of drug-likeness (QED) is 0.812. The first-order chi connectivity index (χ1) is 10.2. The molecule has 1 saturated heterocycles. The molecule has 0 radical (unpaired) electrons. The van der Waals surface area contributed by atoms with Gasteiger partial charge in [0.05, 0.1) is 25.4 Å². The molecule has 1 fully saturated rings. The van der Waals surface area contributed by atoms with E-state index in [9.17, 15) is 9.90 Å². The molecule has 2 amide bonds. The highest BCUT2D eigenvalue weighted by Crippen LogP contribution is 2.22. The van der Waals surface area contributed by atoms with Gasteiger partial charge in [-0.05, 0) is 5.56 Å². The molecule has 0 aliphatic carbocycles. The third-order valence-electron chi connectivity index (χ3n) is 3.57. The highest BCUT2D eigenvalue weighted by Gasteiger charge is 2.29. The Bertz CT molecular complexity index is 464. The number of aliphatic hydroxyl groups excluding tert-OH is 1. The topological polar surface area (TPSA) is 61.8 Å². The third kappa shape index (κ3) is 4.31. The maximum atomic E-state index is 12.1. The third-order valence-corrected chi connectivity index (χ3v) is 3.57. The Morgan fingerprint density at radius 1 is 1.52 bits per heavy atom. The fourth-order valence-corrected chi connectivity index (χ4v) is 2.45. The van der Waals surface area contributed by atoms with Gasteiger partial charge < -0.3 is 20.1 Å². The number of benzene rings is 1. The maximum absolute atomic E-state index is 12.1. The predicted octanol–water partition coefficient (Wildman–Crippen LogP) is 1.71. The van der Waals surface area contributed by atoms with E-state index in [-0.39, 0.29) is 12.1 Å². The maximum Gasteiger partial charge on any atom is 0.318 e. The van der Waals surface area contributed by atoms with Crippen molar-refractivity contribution in [3.8, 4) is 0 Å². The number of amides is 2. The molecular weight excluding hydrogens is 268 g/mol. The van der Waals surface area contributed by atoms with Gasteiger partial charge in [0.1, 0.15) is 0 Å². The molecule has 0 unspecified atom stereocenters. The summed E-state index contributed by atoms with van der Waals surface area (Å²) in [5.74, 6) is 0. The zero-order valence-electron chi connectivity index (χ0n) is 12.1. The molecule has 2 atom stereocenters. The van der Waals surface area contributed by atoms with E-state index in [0.717, 1.165) is 5.56 Å². The van der Waals surface area contributed by atoms with Gasteiger partial charge in [0.2, 0.25) is 0 Å². The molecule has 0 spiro atoms. The molecule has 5 heteroatoms. The summed E-state index contributed by atoms with van der Waals surface area (Å²) < 4.78 is 5.45. The van der Waals surface area contributed by atoms with E-state index in [1.165, 1.54) is 0 Å². The summed E-state index contributed by atoms with van der Waals surface area (Å²) in [6.45, 7) is 5.54. The van der Waals surface area contributed by atoms with Crippen LogP contribution in [-0.4, -0.2) is 48.4 Å². The van der Waals surface area contributed by atoms with Crippen molar-refractivity contribution in [1.82, 2.24) is 10.2 Å². The summed E-state index contributed by atoms with van der Waals surface area (Å²) in [5.41, 5.74) is 0.856. The van der Waals surface area contributed by atoms with Crippen molar-refractivity contribution in [3.05, 3.63) is 48.6 Å². The van der Waals surface area contributed by atoms with E-state index < -0.39 is 6.10 Å². The van der Waals surface area contributed by atoms with Crippen molar-refractivity contribution < 1.29 is 14.6 Å². The number of ether oxygens (including phenoxy) is 1. The number of hydrogen-bond donors (Lipinski definition) is 2. The van der Waals surface area contributed by atoms with Crippen LogP contribution in [0, 0.1) is 0 Å². The summed E-state index contributed by atoms with van der Waals surface area (Å²) >= 11 is 0. The minimum atomic E-state index is -0.604. The summed E-state index contributed by atoms with van der Waals surface area (Å²) in [6, 6.07) is 9.21. The molecule has 5 nitrogen and oxygen atoms in total. The number of rotatable bonds is 5. The van der Waals surface area contributed by atoms with E-state index in [4.69, 9.17) is 4.74 Å². The number of morpholine rings is 1. The molecule has 1 aromatic rings. The summed E-state index contributed by atoms with van der Waals surface area (Å²) in [7, 11) is 0. The lowest BCUT2D eigenvalue weighted by atomic mass is 10.0. The van der Waals surface area contributed by atoms with Crippen molar-refractivity contribution in [3.63, 3.8) is 0 Å². The SMILES string of the molecule is C=CCNC(=O)N1CCOC[C@@H]1C[C@H](O)c1ccccc1. The summed E-state index contributed by atoms with van der Waals surface area (Å²) in [4.78, 5) is 13.9. The van der Waals surface area contributed by atoms with Crippen molar-refractivity contribution in [2.75, 3.05) is 26.3 Å². The van der Waals surface area contributed by atoms with Gasteiger partial charge in [0, 0.05) is 19.5 Å². The lowest BCUT2D eigenvalue weighted by Gasteiger charge is -2.36. The van der Waals surface area contributed by atoms with E-state index in [2.05, 4.69) is 11.9 Å². The molecule has 1 heterocycles. The van der Waals surface area contributed by atoms with Gasteiger partial charge in [0.15, 0.2) is 0 Å². The van der Waals surface area contributed by atoms with Gasteiger partial charge >= 0.3 is 6.03 Å². The normalized spacial score (nSPS) is 19.9. The Labute approximate surface area is 125 Å². The number of carbonyl (C=O) groups is 1. The highest BCUT2D eigenvalue weighted by atomic mass is 16.5. The smallest absolute Gasteiger partial charge is 0.318 e. The van der Waals surface area contributed by atoms with Gasteiger partial charge in [-0.1, -0.05) is 36.4 Å². The van der Waals surface area contributed by atoms with Crippen molar-refractivity contribution in [2.45, 2.75) is 18.6 Å². The summed E-state index contributed by atoms with van der Waals surface area (Å²) in [5, 5.41) is 13.1. The Balaban J connectivity index is 1.98. The van der Waals surface area contributed by atoms with Gasteiger partial charge in [-0.25, -0.2) is 4.79 Å². The molecule has 21 heavy (non-hydrogen) atoms. The largest absolute Gasteiger partial charge is 0.388 e. The fraction of sp³-hybridized carbons (Fsp3) is 0.438. The Morgan fingerprint density at radius 2 is 2.29 bits per heavy atom. The lowest BCUT2D eigenvalue weighted by Crippen LogP contribution is -2.52. The van der Waals surface area contributed by atoms with E-state index in [1.807, 2.05) is 30.3 Å². The zero-order valence-corrected chi connectivity index (χ0v) is 12.1. The Kier molecular flexibility index (Phi) is 5.78. The van der Waals surface area contributed by atoms with Crippen molar-refractivity contribution in [1.29, 1.82) is 0 Å². The van der Waals surface area contributed by atoms with Gasteiger partial charge in [0.25, 0.3) is 0 Å². The first-order valence-corrected chi connectivity index (χ1v) is 7.18. The second kappa shape index (κ2) is 7.81. The first-order valence-electron chi connectivity index (χ1n) is 7.18. The number of nitrogens with zero attached hydrogens (tertiary/aromatic N) is 1. The van der Waals surface area contributed by atoms with Crippen LogP contribution in [0.4, 0.5) is 4.79 Å². The molecule has 114 valence electrons. The van der Waals surface area contributed by atoms with Crippen LogP contribution in [0.1, 0.15) is 18.1 Å². The molecule has 1 aromatic carbocycles. The van der Waals surface area contributed by atoms with Crippen LogP contribution in [0.5, 0.6) is 0 Å². The van der Waals surface area contributed by atoms with E-state index in [0.29, 0.717) is 32.7 Å². The number of nitrogens with one attached hydrogen (secondary N) is 1. The van der Waals surface area contributed by atoms with Crippen LogP contribution in [0.25, 0.3) is 0 Å². The van der Waals surface area contributed by atoms with Crippen molar-refractivity contribution >= 4 is 6.03 Å². The van der Waals surface area contributed by atoms with Crippen LogP contribution in [0.3, 0.4) is 0 Å². The molecule has 1 aliphatic rings. The number of aliphatic hydroxyl groups is 1. The highest BCUT2D eigenvalue weighted by molar-refractivity contribution is 5.74. The predicted molar refractivity (Wildman–Crippen MR) is 80.9 cm³/mol. The first kappa shape index (κ1) is 15.5. The van der Waals surface area contributed by atoms with Crippen molar-refractivity contribution in [2.24, 2.45) is 0 Å². The Morgan fingerprint density at radius 3 is 3.00 bits per heavy atom. The zero-order chi connectivity index (χ0) is 15.1. The van der Waals surface area contributed by atoms with E-state index >= 15 is 0 Å². The molecule has 2 N–H and O–H groups in total. The van der Waals surface area contributed by atoms with Crippen LogP contribution in [0.2, 0.25) is 0 Å². The van der Waals surface area contributed by atoms with Crippen LogP contribution >= 0.6 is 0 Å². The van der Waals surface area contributed by atoms with Crippen LogP contribution < -0.4 is 5.32 Å². The monoisotopic (exact) mass is 290 g/mol. The molecule has 0 saturated carbocycles. The molecule has 2 rings (SSSR count). The Hall–Kier alpha value is -1.85. The minimum Gasteiger partial charge on any atom is -0.388 e. The standard InChI is InChI=1S/C16H22N2O3/c1-2-8-17-16(20)18-9-10-21-12-14(18)11-15(19)13-6-4-3-5-7-13/h2-7,14-15,19H,1,8-12H2,(H,17,20)/t14-,15-/m0/s1. The second-order valence-electron chi connectivity index (χ2n) is 5.06. The molecule has 1 aliphatic heterocycles. The lowest BCUT2D eigenvalue weighted by molar-refractivity contribution is -0.00674. The average Bonchev–Trinajstić information content (AvgIpc) is 2.54. The number of hydrogen-bond acceptors (Lipinski definition) is 3. The summed E-state index contributed by atoms with van der Waals surface area (Å²) in [6.07, 6.45) is 1.50. The second-order valence-corrected chi connectivity index (χ2v) is 5.06. The number of carbonyl (C=O) groups excluding carboxylic acids is 1. The van der Waals surface area contributed by atoms with Gasteiger partial charge in [-0.15, -0.1) is 6.58 Å². The fourth-order valence-electron chi connectivity index (χ4n) is 2.45.